The first-order chi connectivity index (χ1) is 11.5. The molecule has 0 radical (unpaired) electrons. The Labute approximate surface area is 150 Å². The maximum atomic E-state index is 3.80. The predicted molar refractivity (Wildman–Crippen MR) is 105 cm³/mol. The maximum Gasteiger partial charge on any atom is 0.0230 e. The van der Waals surface area contributed by atoms with E-state index in [0.717, 1.165) is 25.0 Å². The summed E-state index contributed by atoms with van der Waals surface area (Å²) in [5.41, 5.74) is 1.94. The molecule has 1 aliphatic carbocycles. The summed E-state index contributed by atoms with van der Waals surface area (Å²) < 4.78 is 0. The fourth-order valence-electron chi connectivity index (χ4n) is 4.00. The molecule has 0 heterocycles. The summed E-state index contributed by atoms with van der Waals surface area (Å²) >= 11 is 0. The van der Waals surface area contributed by atoms with Crippen LogP contribution in [0, 0.1) is 11.3 Å². The van der Waals surface area contributed by atoms with E-state index in [4.69, 9.17) is 0 Å². The molecule has 0 aliphatic heterocycles. The average molecular weight is 331 g/mol. The molecule has 2 nitrogen and oxygen atoms in total. The van der Waals surface area contributed by atoms with Gasteiger partial charge in [-0.3, -0.25) is 0 Å². The second-order valence-electron chi connectivity index (χ2n) is 8.42. The van der Waals surface area contributed by atoms with E-state index in [2.05, 4.69) is 68.4 Å². The van der Waals surface area contributed by atoms with Crippen molar-refractivity contribution in [2.45, 2.75) is 71.9 Å². The van der Waals surface area contributed by atoms with Crippen LogP contribution in [0.25, 0.3) is 0 Å². The summed E-state index contributed by atoms with van der Waals surface area (Å²) in [6.45, 7) is 10.6. The van der Waals surface area contributed by atoms with Crippen LogP contribution in [0.15, 0.2) is 30.3 Å². The quantitative estimate of drug-likeness (QED) is 0.634. The average Bonchev–Trinajstić information content (AvgIpc) is 2.60. The van der Waals surface area contributed by atoms with Crippen molar-refractivity contribution in [3.05, 3.63) is 35.9 Å². The van der Waals surface area contributed by atoms with Gasteiger partial charge < -0.3 is 10.2 Å². The van der Waals surface area contributed by atoms with Crippen molar-refractivity contribution < 1.29 is 0 Å². The van der Waals surface area contributed by atoms with Crippen molar-refractivity contribution >= 4 is 0 Å². The first-order valence-corrected chi connectivity index (χ1v) is 9.97. The van der Waals surface area contributed by atoms with E-state index in [9.17, 15) is 0 Å². The largest absolute Gasteiger partial charge is 0.314 e. The molecule has 2 heteroatoms. The summed E-state index contributed by atoms with van der Waals surface area (Å²) in [6, 6.07) is 11.5. The zero-order valence-corrected chi connectivity index (χ0v) is 16.4. The Morgan fingerprint density at radius 1 is 1.08 bits per heavy atom. The van der Waals surface area contributed by atoms with Crippen LogP contribution < -0.4 is 5.32 Å². The van der Waals surface area contributed by atoms with E-state index >= 15 is 0 Å². The SMILES string of the molecule is CCC(C)(C)C1CCC(NCCCN(C)Cc2ccccc2)CC1. The number of hydrogen-bond acceptors (Lipinski definition) is 2. The van der Waals surface area contributed by atoms with E-state index in [0.29, 0.717) is 5.41 Å². The molecule has 0 spiro atoms. The maximum absolute atomic E-state index is 3.80. The highest BCUT2D eigenvalue weighted by molar-refractivity contribution is 5.14. The first kappa shape index (κ1) is 19.5. The van der Waals surface area contributed by atoms with Gasteiger partial charge >= 0.3 is 0 Å². The van der Waals surface area contributed by atoms with E-state index in [1.165, 1.54) is 50.6 Å². The summed E-state index contributed by atoms with van der Waals surface area (Å²) in [5, 5.41) is 3.80. The van der Waals surface area contributed by atoms with Gasteiger partial charge in [-0.25, -0.2) is 0 Å². The smallest absolute Gasteiger partial charge is 0.0230 e. The highest BCUT2D eigenvalue weighted by Crippen LogP contribution is 2.40. The number of nitrogens with zero attached hydrogens (tertiary/aromatic N) is 1. The van der Waals surface area contributed by atoms with E-state index in [-0.39, 0.29) is 0 Å². The van der Waals surface area contributed by atoms with Crippen LogP contribution in [0.1, 0.15) is 64.9 Å². The lowest BCUT2D eigenvalue weighted by Crippen LogP contribution is -2.37. The van der Waals surface area contributed by atoms with Gasteiger partial charge in [0.1, 0.15) is 0 Å². The van der Waals surface area contributed by atoms with Crippen molar-refractivity contribution in [2.75, 3.05) is 20.1 Å². The Hall–Kier alpha value is -0.860. The Kier molecular flexibility index (Phi) is 7.77. The molecule has 136 valence electrons. The summed E-state index contributed by atoms with van der Waals surface area (Å²) in [6.07, 6.45) is 8.11. The predicted octanol–water partition coefficient (Wildman–Crippen LogP) is 5.09. The molecule has 24 heavy (non-hydrogen) atoms. The Morgan fingerprint density at radius 3 is 2.38 bits per heavy atom. The van der Waals surface area contributed by atoms with Crippen molar-refractivity contribution in [2.24, 2.45) is 11.3 Å². The van der Waals surface area contributed by atoms with Gasteiger partial charge in [0.2, 0.25) is 0 Å². The van der Waals surface area contributed by atoms with Crippen molar-refractivity contribution in [1.29, 1.82) is 0 Å². The van der Waals surface area contributed by atoms with Crippen LogP contribution in [0.5, 0.6) is 0 Å². The standard InChI is InChI=1S/C22H38N2/c1-5-22(2,3)20-12-14-21(15-13-20)23-16-9-17-24(4)18-19-10-7-6-8-11-19/h6-8,10-11,20-21,23H,5,9,12-18H2,1-4H3. The molecule has 1 N–H and O–H groups in total. The Balaban J connectivity index is 1.57. The van der Waals surface area contributed by atoms with Crippen molar-refractivity contribution in [3.63, 3.8) is 0 Å². The summed E-state index contributed by atoms with van der Waals surface area (Å²) in [7, 11) is 2.23. The highest BCUT2D eigenvalue weighted by atomic mass is 15.1. The highest BCUT2D eigenvalue weighted by Gasteiger charge is 2.31. The molecule has 1 saturated carbocycles. The Morgan fingerprint density at radius 2 is 1.75 bits per heavy atom. The molecule has 1 aromatic rings. The summed E-state index contributed by atoms with van der Waals surface area (Å²) in [4.78, 5) is 2.43. The molecule has 1 fully saturated rings. The van der Waals surface area contributed by atoms with E-state index in [1.54, 1.807) is 0 Å². The fraction of sp³-hybridized carbons (Fsp3) is 0.727. The fourth-order valence-corrected chi connectivity index (χ4v) is 4.00. The zero-order chi connectivity index (χ0) is 17.4. The van der Waals surface area contributed by atoms with E-state index in [1.807, 2.05) is 0 Å². The van der Waals surface area contributed by atoms with Crippen LogP contribution in [-0.2, 0) is 6.54 Å². The number of benzene rings is 1. The van der Waals surface area contributed by atoms with Gasteiger partial charge in [-0.05, 0) is 69.1 Å². The molecule has 0 saturated heterocycles. The minimum Gasteiger partial charge on any atom is -0.314 e. The molecule has 0 bridgehead atoms. The third-order valence-corrected chi connectivity index (χ3v) is 6.19. The molecule has 1 aliphatic rings. The normalized spacial score (nSPS) is 22.0. The molecular weight excluding hydrogens is 292 g/mol. The second-order valence-corrected chi connectivity index (χ2v) is 8.42. The minimum absolute atomic E-state index is 0.533. The van der Waals surface area contributed by atoms with Crippen LogP contribution in [0.4, 0.5) is 0 Å². The molecule has 1 aromatic carbocycles. The molecule has 2 rings (SSSR count). The van der Waals surface area contributed by atoms with Gasteiger partial charge in [0, 0.05) is 12.6 Å². The van der Waals surface area contributed by atoms with Gasteiger partial charge in [-0.15, -0.1) is 0 Å². The number of hydrogen-bond donors (Lipinski definition) is 1. The van der Waals surface area contributed by atoms with Gasteiger partial charge in [0.25, 0.3) is 0 Å². The molecule has 0 unspecified atom stereocenters. The zero-order valence-electron chi connectivity index (χ0n) is 16.4. The van der Waals surface area contributed by atoms with Gasteiger partial charge in [-0.2, -0.15) is 0 Å². The molecule has 0 aromatic heterocycles. The number of nitrogens with one attached hydrogen (secondary N) is 1. The Bertz CT molecular complexity index is 446. The van der Waals surface area contributed by atoms with Gasteiger partial charge in [0.05, 0.1) is 0 Å². The van der Waals surface area contributed by atoms with Gasteiger partial charge in [-0.1, -0.05) is 57.5 Å². The van der Waals surface area contributed by atoms with Crippen molar-refractivity contribution in [3.8, 4) is 0 Å². The number of rotatable bonds is 9. The molecular formula is C22H38N2. The third kappa shape index (κ3) is 6.22. The lowest BCUT2D eigenvalue weighted by molar-refractivity contribution is 0.137. The van der Waals surface area contributed by atoms with Crippen LogP contribution in [0.3, 0.4) is 0 Å². The topological polar surface area (TPSA) is 15.3 Å². The second kappa shape index (κ2) is 9.58. The van der Waals surface area contributed by atoms with Crippen LogP contribution >= 0.6 is 0 Å². The summed E-state index contributed by atoms with van der Waals surface area (Å²) in [5.74, 6) is 0.928. The lowest BCUT2D eigenvalue weighted by Gasteiger charge is -2.39. The third-order valence-electron chi connectivity index (χ3n) is 6.19. The molecule has 0 atom stereocenters. The minimum atomic E-state index is 0.533. The first-order valence-electron chi connectivity index (χ1n) is 9.97. The van der Waals surface area contributed by atoms with Gasteiger partial charge in [0.15, 0.2) is 0 Å². The monoisotopic (exact) mass is 330 g/mol. The molecule has 0 amide bonds. The van der Waals surface area contributed by atoms with E-state index < -0.39 is 0 Å². The van der Waals surface area contributed by atoms with Crippen LogP contribution in [-0.4, -0.2) is 31.1 Å². The van der Waals surface area contributed by atoms with Crippen LogP contribution in [0.2, 0.25) is 0 Å². The van der Waals surface area contributed by atoms with Crippen molar-refractivity contribution in [1.82, 2.24) is 10.2 Å². The lowest BCUT2D eigenvalue weighted by atomic mass is 9.69.